The van der Waals surface area contributed by atoms with Gasteiger partial charge < -0.3 is 19.7 Å². The highest BCUT2D eigenvalue weighted by Gasteiger charge is 2.32. The summed E-state index contributed by atoms with van der Waals surface area (Å²) < 4.78 is 10.2. The number of likely N-dealkylation sites (N-methyl/N-ethyl adjacent to an activating group) is 2. The third-order valence-electron chi connectivity index (χ3n) is 3.74. The molecule has 0 fully saturated rings. The van der Waals surface area contributed by atoms with Crippen LogP contribution in [0.5, 0.6) is 0 Å². The van der Waals surface area contributed by atoms with Crippen molar-refractivity contribution < 1.29 is 14.3 Å². The van der Waals surface area contributed by atoms with Crippen molar-refractivity contribution in [1.29, 1.82) is 0 Å². The molecule has 0 heterocycles. The lowest BCUT2D eigenvalue weighted by Crippen LogP contribution is -2.48. The predicted molar refractivity (Wildman–Crippen MR) is 81.9 cm³/mol. The number of esters is 1. The van der Waals surface area contributed by atoms with E-state index in [2.05, 4.69) is 17.1 Å². The molecule has 0 saturated carbocycles. The molecular weight excluding hydrogens is 256 g/mol. The topological polar surface area (TPSA) is 50.8 Å². The van der Waals surface area contributed by atoms with Crippen molar-refractivity contribution in [2.75, 3.05) is 47.0 Å². The maximum absolute atomic E-state index is 11.9. The van der Waals surface area contributed by atoms with Gasteiger partial charge in [0.1, 0.15) is 5.54 Å². The molecule has 0 rings (SSSR count). The smallest absolute Gasteiger partial charge is 0.326 e. The molecule has 0 aromatic rings. The first-order chi connectivity index (χ1) is 9.53. The molecule has 5 heteroatoms. The molecule has 0 aliphatic carbocycles. The van der Waals surface area contributed by atoms with Crippen molar-refractivity contribution >= 4 is 5.97 Å². The van der Waals surface area contributed by atoms with Crippen LogP contribution in [0.25, 0.3) is 0 Å². The van der Waals surface area contributed by atoms with Gasteiger partial charge in [0, 0.05) is 13.7 Å². The maximum Gasteiger partial charge on any atom is 0.326 e. The van der Waals surface area contributed by atoms with Crippen LogP contribution in [0.4, 0.5) is 0 Å². The minimum Gasteiger partial charge on any atom is -0.465 e. The van der Waals surface area contributed by atoms with E-state index in [4.69, 9.17) is 9.47 Å². The fraction of sp³-hybridized carbons (Fsp3) is 0.933. The monoisotopic (exact) mass is 288 g/mol. The summed E-state index contributed by atoms with van der Waals surface area (Å²) in [4.78, 5) is 14.3. The third kappa shape index (κ3) is 7.22. The van der Waals surface area contributed by atoms with Crippen LogP contribution in [0, 0.1) is 0 Å². The van der Waals surface area contributed by atoms with Crippen LogP contribution in [-0.2, 0) is 14.3 Å². The molecular formula is C15H32N2O3. The summed E-state index contributed by atoms with van der Waals surface area (Å²) in [5, 5.41) is 3.09. The molecule has 0 aromatic carbocycles. The van der Waals surface area contributed by atoms with Crippen LogP contribution in [0.15, 0.2) is 0 Å². The number of hydrogen-bond acceptors (Lipinski definition) is 5. The van der Waals surface area contributed by atoms with Crippen molar-refractivity contribution in [1.82, 2.24) is 10.2 Å². The molecule has 0 aliphatic heterocycles. The molecule has 5 nitrogen and oxygen atoms in total. The quantitative estimate of drug-likeness (QED) is 0.437. The molecule has 0 saturated heterocycles. The fourth-order valence-corrected chi connectivity index (χ4v) is 2.08. The Morgan fingerprint density at radius 2 is 1.95 bits per heavy atom. The van der Waals surface area contributed by atoms with Crippen molar-refractivity contribution in [3.05, 3.63) is 0 Å². The van der Waals surface area contributed by atoms with Crippen LogP contribution in [0.2, 0.25) is 0 Å². The fourth-order valence-electron chi connectivity index (χ4n) is 2.08. The SMILES string of the molecule is CCOC(=O)C(C)(CCCCN(CC)CCOC)NC. The van der Waals surface area contributed by atoms with E-state index in [1.807, 2.05) is 20.9 Å². The molecule has 0 aromatic heterocycles. The number of methoxy groups -OCH3 is 1. The first-order valence-electron chi connectivity index (χ1n) is 7.61. The van der Waals surface area contributed by atoms with Crippen LogP contribution >= 0.6 is 0 Å². The molecule has 1 unspecified atom stereocenters. The van der Waals surface area contributed by atoms with Crippen molar-refractivity contribution in [2.45, 2.75) is 45.6 Å². The summed E-state index contributed by atoms with van der Waals surface area (Å²) in [5.41, 5.74) is -0.570. The zero-order valence-corrected chi connectivity index (χ0v) is 13.8. The Balaban J connectivity index is 4.03. The largest absolute Gasteiger partial charge is 0.465 e. The number of carbonyl (C=O) groups excluding carboxylic acids is 1. The second kappa shape index (κ2) is 11.1. The Bertz CT molecular complexity index is 262. The number of nitrogens with one attached hydrogen (secondary N) is 1. The number of hydrogen-bond donors (Lipinski definition) is 1. The molecule has 20 heavy (non-hydrogen) atoms. The van der Waals surface area contributed by atoms with Crippen LogP contribution in [0.1, 0.15) is 40.0 Å². The molecule has 0 amide bonds. The van der Waals surface area contributed by atoms with Gasteiger partial charge in [0.05, 0.1) is 13.2 Å². The van der Waals surface area contributed by atoms with Gasteiger partial charge in [-0.2, -0.15) is 0 Å². The van der Waals surface area contributed by atoms with Crippen molar-refractivity contribution in [3.63, 3.8) is 0 Å². The maximum atomic E-state index is 11.9. The Kier molecular flexibility index (Phi) is 10.7. The first-order valence-corrected chi connectivity index (χ1v) is 7.61. The standard InChI is InChI=1S/C15H32N2O3/c1-6-17(12-13-19-5)11-9-8-10-15(3,16-4)14(18)20-7-2/h16H,6-13H2,1-5H3. The highest BCUT2D eigenvalue weighted by molar-refractivity contribution is 5.80. The van der Waals surface area contributed by atoms with Gasteiger partial charge in [-0.3, -0.25) is 4.79 Å². The van der Waals surface area contributed by atoms with Gasteiger partial charge in [0.2, 0.25) is 0 Å². The number of rotatable bonds is 12. The van der Waals surface area contributed by atoms with E-state index in [1.54, 1.807) is 7.11 Å². The zero-order chi connectivity index (χ0) is 15.4. The van der Waals surface area contributed by atoms with Gasteiger partial charge in [-0.05, 0) is 53.2 Å². The Hall–Kier alpha value is -0.650. The van der Waals surface area contributed by atoms with E-state index in [-0.39, 0.29) is 5.97 Å². The Labute approximate surface area is 124 Å². The van der Waals surface area contributed by atoms with E-state index in [0.29, 0.717) is 6.61 Å². The van der Waals surface area contributed by atoms with Crippen LogP contribution in [0.3, 0.4) is 0 Å². The number of ether oxygens (including phenoxy) is 2. The highest BCUT2D eigenvalue weighted by Crippen LogP contribution is 2.15. The number of nitrogens with zero attached hydrogens (tertiary/aromatic N) is 1. The normalized spacial score (nSPS) is 14.3. The molecule has 0 radical (unpaired) electrons. The first kappa shape index (κ1) is 19.4. The minimum atomic E-state index is -0.570. The minimum absolute atomic E-state index is 0.158. The second-order valence-corrected chi connectivity index (χ2v) is 5.19. The summed E-state index contributed by atoms with van der Waals surface area (Å²) in [6, 6.07) is 0. The predicted octanol–water partition coefficient (Wildman–Crippen LogP) is 1.67. The van der Waals surface area contributed by atoms with Gasteiger partial charge >= 0.3 is 5.97 Å². The lowest BCUT2D eigenvalue weighted by atomic mass is 9.95. The molecule has 0 spiro atoms. The molecule has 1 atom stereocenters. The van der Waals surface area contributed by atoms with Gasteiger partial charge in [-0.25, -0.2) is 0 Å². The zero-order valence-electron chi connectivity index (χ0n) is 13.8. The summed E-state index contributed by atoms with van der Waals surface area (Å²) in [7, 11) is 3.54. The van der Waals surface area contributed by atoms with Gasteiger partial charge in [0.15, 0.2) is 0 Å². The summed E-state index contributed by atoms with van der Waals surface area (Å²) >= 11 is 0. The molecule has 0 aliphatic rings. The van der Waals surface area contributed by atoms with Crippen LogP contribution < -0.4 is 5.32 Å². The second-order valence-electron chi connectivity index (χ2n) is 5.19. The van der Waals surface area contributed by atoms with Crippen LogP contribution in [-0.4, -0.2) is 63.4 Å². The van der Waals surface area contributed by atoms with E-state index >= 15 is 0 Å². The average molecular weight is 288 g/mol. The van der Waals surface area contributed by atoms with Gasteiger partial charge in [-0.1, -0.05) is 6.92 Å². The van der Waals surface area contributed by atoms with E-state index in [0.717, 1.165) is 45.5 Å². The van der Waals surface area contributed by atoms with Crippen molar-refractivity contribution in [3.8, 4) is 0 Å². The van der Waals surface area contributed by atoms with E-state index < -0.39 is 5.54 Å². The van der Waals surface area contributed by atoms with Crippen molar-refractivity contribution in [2.24, 2.45) is 0 Å². The third-order valence-corrected chi connectivity index (χ3v) is 3.74. The lowest BCUT2D eigenvalue weighted by molar-refractivity contribution is -0.150. The average Bonchev–Trinajstić information content (AvgIpc) is 2.46. The van der Waals surface area contributed by atoms with E-state index in [1.165, 1.54) is 0 Å². The van der Waals surface area contributed by atoms with Gasteiger partial charge in [-0.15, -0.1) is 0 Å². The summed E-state index contributed by atoms with van der Waals surface area (Å²) in [6.45, 7) is 10.1. The molecule has 120 valence electrons. The number of unbranched alkanes of at least 4 members (excludes halogenated alkanes) is 1. The van der Waals surface area contributed by atoms with E-state index in [9.17, 15) is 4.79 Å². The summed E-state index contributed by atoms with van der Waals surface area (Å²) in [6.07, 6.45) is 2.87. The Morgan fingerprint density at radius 3 is 2.45 bits per heavy atom. The Morgan fingerprint density at radius 1 is 1.25 bits per heavy atom. The summed E-state index contributed by atoms with van der Waals surface area (Å²) in [5.74, 6) is -0.158. The molecule has 1 N–H and O–H groups in total. The molecule has 0 bridgehead atoms. The highest BCUT2D eigenvalue weighted by atomic mass is 16.5. The van der Waals surface area contributed by atoms with Gasteiger partial charge in [0.25, 0.3) is 0 Å². The number of carbonyl (C=O) groups is 1. The lowest BCUT2D eigenvalue weighted by Gasteiger charge is -2.27.